The Morgan fingerprint density at radius 2 is 1.54 bits per heavy atom. The number of amides is 1. The molecule has 330 valence electrons. The number of rotatable bonds is 8. The van der Waals surface area contributed by atoms with Gasteiger partial charge in [0.15, 0.2) is 18.7 Å². The summed E-state index contributed by atoms with van der Waals surface area (Å²) in [7, 11) is 5.03. The number of fused-ring (bicyclic) bond motifs is 1. The fourth-order valence-corrected chi connectivity index (χ4v) is 9.12. The van der Waals surface area contributed by atoms with Crippen molar-refractivity contribution in [3.63, 3.8) is 0 Å². The highest BCUT2D eigenvalue weighted by molar-refractivity contribution is 5.79. The molecule has 0 spiro atoms. The lowest BCUT2D eigenvalue weighted by atomic mass is 9.78. The molecule has 18 atom stereocenters. The number of aliphatic hydroxyl groups excluding tert-OH is 2. The molecule has 4 fully saturated rings. The molecule has 4 heterocycles. The lowest BCUT2D eigenvalue weighted by Crippen LogP contribution is -2.60. The highest BCUT2D eigenvalue weighted by Crippen LogP contribution is 2.42. The smallest absolute Gasteiger partial charge is 0.311 e. The fourth-order valence-electron chi connectivity index (χ4n) is 9.12. The van der Waals surface area contributed by atoms with Crippen LogP contribution < -0.4 is 5.32 Å². The molecule has 0 unspecified atom stereocenters. The minimum atomic E-state index is -1.99. The Balaban J connectivity index is 1.87. The van der Waals surface area contributed by atoms with Crippen molar-refractivity contribution in [3.05, 3.63) is 0 Å². The van der Waals surface area contributed by atoms with E-state index < -0.39 is 108 Å². The number of likely N-dealkylation sites (N-methyl/N-ethyl adjacent to an activating group) is 1. The molecule has 57 heavy (non-hydrogen) atoms. The number of aliphatic imine (C=N–C) groups is 1. The zero-order chi connectivity index (χ0) is 42.9. The number of esters is 1. The molecule has 4 saturated heterocycles. The molecule has 4 rings (SSSR count). The second-order valence-electron chi connectivity index (χ2n) is 18.0. The lowest BCUT2D eigenvalue weighted by molar-refractivity contribution is -0.314. The zero-order valence-electron chi connectivity index (χ0n) is 36.9. The third-order valence-corrected chi connectivity index (χ3v) is 12.9. The number of aliphatic hydroxyl groups is 3. The van der Waals surface area contributed by atoms with Crippen LogP contribution in [0.15, 0.2) is 4.99 Å². The highest BCUT2D eigenvalue weighted by Gasteiger charge is 2.55. The van der Waals surface area contributed by atoms with E-state index in [1.165, 1.54) is 21.0 Å². The van der Waals surface area contributed by atoms with Crippen molar-refractivity contribution in [1.82, 2.24) is 10.2 Å². The van der Waals surface area contributed by atoms with Gasteiger partial charge in [0, 0.05) is 45.7 Å². The first kappa shape index (κ1) is 47.5. The first-order valence-corrected chi connectivity index (χ1v) is 20.7. The van der Waals surface area contributed by atoms with Crippen LogP contribution in [0.25, 0.3) is 0 Å². The molecule has 16 heteroatoms. The van der Waals surface area contributed by atoms with Crippen LogP contribution in [0.5, 0.6) is 0 Å². The van der Waals surface area contributed by atoms with Gasteiger partial charge in [0.2, 0.25) is 5.91 Å². The van der Waals surface area contributed by atoms with Crippen LogP contribution in [0.3, 0.4) is 0 Å². The lowest BCUT2D eigenvalue weighted by Gasteiger charge is -2.49. The number of ether oxygens (including phenoxy) is 8. The number of nitrogens with one attached hydrogen (secondary N) is 1. The van der Waals surface area contributed by atoms with E-state index in [1.54, 1.807) is 34.8 Å². The third kappa shape index (κ3) is 10.1. The van der Waals surface area contributed by atoms with Gasteiger partial charge in [-0.05, 0) is 81.6 Å². The van der Waals surface area contributed by atoms with E-state index in [0.29, 0.717) is 12.4 Å². The van der Waals surface area contributed by atoms with E-state index >= 15 is 0 Å². The average Bonchev–Trinajstić information content (AvgIpc) is 3.45. The van der Waals surface area contributed by atoms with Gasteiger partial charge in [0.05, 0.1) is 59.6 Å². The molecule has 1 amide bonds. The van der Waals surface area contributed by atoms with Crippen molar-refractivity contribution in [2.24, 2.45) is 22.7 Å². The molecule has 0 aliphatic carbocycles. The first-order chi connectivity index (χ1) is 26.4. The molecule has 4 N–H and O–H groups in total. The zero-order valence-corrected chi connectivity index (χ0v) is 36.9. The van der Waals surface area contributed by atoms with Crippen molar-refractivity contribution in [2.75, 3.05) is 21.3 Å². The van der Waals surface area contributed by atoms with E-state index in [2.05, 4.69) is 5.32 Å². The summed E-state index contributed by atoms with van der Waals surface area (Å²) in [6.07, 6.45) is -7.73. The number of cyclic esters (lactones) is 1. The molecule has 0 saturated carbocycles. The Morgan fingerprint density at radius 1 is 0.912 bits per heavy atom. The van der Waals surface area contributed by atoms with Crippen molar-refractivity contribution in [3.8, 4) is 0 Å². The molecule has 16 nitrogen and oxygen atoms in total. The van der Waals surface area contributed by atoms with Crippen molar-refractivity contribution in [2.45, 2.75) is 205 Å². The van der Waals surface area contributed by atoms with Gasteiger partial charge in [-0.25, -0.2) is 4.99 Å². The predicted molar refractivity (Wildman–Crippen MR) is 210 cm³/mol. The summed E-state index contributed by atoms with van der Waals surface area (Å²) in [5.74, 6) is -3.97. The monoisotopic (exact) mass is 816 g/mol. The van der Waals surface area contributed by atoms with Crippen LogP contribution >= 0.6 is 0 Å². The van der Waals surface area contributed by atoms with Crippen molar-refractivity contribution in [1.29, 1.82) is 0 Å². The normalized spacial score (nSPS) is 47.5. The molecule has 0 aromatic carbocycles. The predicted octanol–water partition coefficient (Wildman–Crippen LogP) is 2.91. The number of carbonyl (C=O) groups excluding carboxylic acids is 2. The molecule has 4 aliphatic rings. The number of hydrogen-bond donors (Lipinski definition) is 4. The van der Waals surface area contributed by atoms with E-state index in [0.717, 1.165) is 0 Å². The molecule has 0 radical (unpaired) electrons. The van der Waals surface area contributed by atoms with Gasteiger partial charge in [-0.1, -0.05) is 20.8 Å². The van der Waals surface area contributed by atoms with E-state index in [-0.39, 0.29) is 37.5 Å². The van der Waals surface area contributed by atoms with Crippen LogP contribution in [-0.2, 0) is 47.5 Å². The average molecular weight is 816 g/mol. The third-order valence-electron chi connectivity index (χ3n) is 12.9. The van der Waals surface area contributed by atoms with Crippen LogP contribution in [-0.4, -0.2) is 156 Å². The molecule has 0 bridgehead atoms. The van der Waals surface area contributed by atoms with Crippen LogP contribution in [0, 0.1) is 17.8 Å². The Labute approximate surface area is 339 Å². The van der Waals surface area contributed by atoms with Gasteiger partial charge < -0.3 is 63.4 Å². The topological polar surface area (TPSA) is 196 Å². The highest BCUT2D eigenvalue weighted by atomic mass is 16.7. The fraction of sp³-hybridized carbons (Fsp3) is 0.927. The molecule has 0 aromatic rings. The molecule has 4 aliphatic heterocycles. The van der Waals surface area contributed by atoms with Crippen molar-refractivity contribution < 1.29 is 62.8 Å². The summed E-state index contributed by atoms with van der Waals surface area (Å²) in [5, 5.41) is 37.1. The summed E-state index contributed by atoms with van der Waals surface area (Å²) in [5.41, 5.74) is -4.19. The quantitative estimate of drug-likeness (QED) is 0.261. The maximum Gasteiger partial charge on any atom is 0.311 e. The van der Waals surface area contributed by atoms with Gasteiger partial charge in [0.1, 0.15) is 17.8 Å². The van der Waals surface area contributed by atoms with E-state index in [4.69, 9.17) is 42.9 Å². The number of amidine groups is 1. The Kier molecular flexibility index (Phi) is 15.5. The first-order valence-electron chi connectivity index (χ1n) is 20.7. The summed E-state index contributed by atoms with van der Waals surface area (Å²) >= 11 is 0. The number of hydrogen-bond acceptors (Lipinski definition) is 14. The standard InChI is InChI=1S/C41H73N3O13/c1-16-28-41(12,49)32(45)25(8)35(47)43-21(4)18-40(11,51-15)34(57-37-31-27(17-22(5)52-37)44(13)38(56-31)42-20(2)3)23(6)30(24(7)36(48)54-28)55-29-19-39(10,50-14)33(46)26(9)53-29/h20-34,37,45-46,49H,16-19H2,1-15H3,(H,43,47)/t21-,22-,23+,24-,25-,26+,27+,28-,29+,30+,31-,32-,33+,34-,37+,39-,40-,41-/m1/s1. The maximum absolute atomic E-state index is 14.4. The largest absolute Gasteiger partial charge is 0.459 e. The Hall–Kier alpha value is -2.15. The summed E-state index contributed by atoms with van der Waals surface area (Å²) in [6, 6.07) is -0.147. The summed E-state index contributed by atoms with van der Waals surface area (Å²) in [4.78, 5) is 34.8. The maximum atomic E-state index is 14.4. The molecular formula is C41H73N3O13. The molecular weight excluding hydrogens is 742 g/mol. The molecule has 0 aromatic heterocycles. The minimum absolute atomic E-state index is 0.0117. The second kappa shape index (κ2) is 18.6. The van der Waals surface area contributed by atoms with Crippen molar-refractivity contribution >= 4 is 17.9 Å². The van der Waals surface area contributed by atoms with Gasteiger partial charge >= 0.3 is 5.97 Å². The van der Waals surface area contributed by atoms with Crippen LogP contribution in [0.1, 0.15) is 109 Å². The van der Waals surface area contributed by atoms with Gasteiger partial charge in [-0.3, -0.25) is 9.59 Å². The Bertz CT molecular complexity index is 1400. The van der Waals surface area contributed by atoms with E-state index in [9.17, 15) is 24.9 Å². The van der Waals surface area contributed by atoms with Crippen LogP contribution in [0.4, 0.5) is 0 Å². The summed E-state index contributed by atoms with van der Waals surface area (Å²) in [6.45, 7) is 21.3. The van der Waals surface area contributed by atoms with Gasteiger partial charge in [0.25, 0.3) is 6.02 Å². The number of carbonyl (C=O) groups is 2. The Morgan fingerprint density at radius 3 is 2.12 bits per heavy atom. The minimum Gasteiger partial charge on any atom is -0.459 e. The van der Waals surface area contributed by atoms with E-state index in [1.807, 2.05) is 53.5 Å². The number of nitrogens with zero attached hydrogens (tertiary/aromatic N) is 2. The SMILES string of the molecule is CC[C@H]1OC(=O)[C@H](C)[C@@H](O[C@H]2C[C@@](C)(OC)[C@@H](O)[C@H](C)O2)[C@H](C)[C@@H](O[C@@H]2O[C@H](C)C[C@H]3[C@H]2OC(=NC(C)C)N3C)[C@](C)(OC)C[C@@H](C)NC(=O)[C@H](C)[C@@H](O)[C@]1(C)O. The second-order valence-corrected chi connectivity index (χ2v) is 18.0. The van der Waals surface area contributed by atoms with Crippen LogP contribution in [0.2, 0.25) is 0 Å². The number of methoxy groups -OCH3 is 2. The van der Waals surface area contributed by atoms with Gasteiger partial charge in [-0.2, -0.15) is 0 Å². The van der Waals surface area contributed by atoms with Gasteiger partial charge in [-0.15, -0.1) is 0 Å². The summed E-state index contributed by atoms with van der Waals surface area (Å²) < 4.78 is 51.4.